The fourth-order valence-corrected chi connectivity index (χ4v) is 3.28. The zero-order valence-corrected chi connectivity index (χ0v) is 16.1. The molecular formula is C22H16ClN5O. The van der Waals surface area contributed by atoms with E-state index < -0.39 is 0 Å². The molecule has 6 nitrogen and oxygen atoms in total. The molecule has 29 heavy (non-hydrogen) atoms. The Kier molecular flexibility index (Phi) is 5.23. The van der Waals surface area contributed by atoms with Crippen LogP contribution in [-0.4, -0.2) is 19.1 Å². The molecule has 7 heteroatoms. The molecule has 0 fully saturated rings. The van der Waals surface area contributed by atoms with Crippen LogP contribution in [0.15, 0.2) is 78.0 Å². The first-order chi connectivity index (χ1) is 14.1. The molecule has 0 aliphatic heterocycles. The second-order valence-electron chi connectivity index (χ2n) is 6.52. The van der Waals surface area contributed by atoms with E-state index in [4.69, 9.17) is 16.9 Å². The standard InChI is InChI=1S/C22H16ClN5O/c23-19-5-2-6-20(26-19)28-9-7-18(13-22(28)29)15-27-10-8-25-21(27)12-16-3-1-4-17(11-16)14-24/h1-11,13H,12,15H2. The van der Waals surface area contributed by atoms with E-state index in [1.165, 1.54) is 4.57 Å². The summed E-state index contributed by atoms with van der Waals surface area (Å²) in [7, 11) is 0. The van der Waals surface area contributed by atoms with Crippen molar-refractivity contribution in [2.75, 3.05) is 0 Å². The zero-order chi connectivity index (χ0) is 20.2. The first-order valence-corrected chi connectivity index (χ1v) is 9.34. The first-order valence-electron chi connectivity index (χ1n) is 8.96. The summed E-state index contributed by atoms with van der Waals surface area (Å²) in [5.74, 6) is 1.34. The molecule has 0 amide bonds. The van der Waals surface area contributed by atoms with E-state index in [0.717, 1.165) is 17.0 Å². The van der Waals surface area contributed by atoms with Crippen LogP contribution in [0.2, 0.25) is 5.15 Å². The highest BCUT2D eigenvalue weighted by molar-refractivity contribution is 6.29. The maximum atomic E-state index is 12.6. The number of nitriles is 1. The van der Waals surface area contributed by atoms with Crippen molar-refractivity contribution in [1.29, 1.82) is 5.26 Å². The van der Waals surface area contributed by atoms with E-state index in [2.05, 4.69) is 16.0 Å². The second-order valence-corrected chi connectivity index (χ2v) is 6.91. The summed E-state index contributed by atoms with van der Waals surface area (Å²) in [4.78, 5) is 21.2. The molecule has 0 atom stereocenters. The summed E-state index contributed by atoms with van der Waals surface area (Å²) in [5, 5.41) is 9.40. The van der Waals surface area contributed by atoms with Gasteiger partial charge in [0.25, 0.3) is 5.56 Å². The van der Waals surface area contributed by atoms with Gasteiger partial charge in [-0.15, -0.1) is 0 Å². The third kappa shape index (κ3) is 4.26. The molecule has 0 bridgehead atoms. The number of pyridine rings is 2. The van der Waals surface area contributed by atoms with E-state index in [1.807, 2.05) is 35.0 Å². The Morgan fingerprint density at radius 1 is 1.03 bits per heavy atom. The van der Waals surface area contributed by atoms with Gasteiger partial charge in [-0.1, -0.05) is 29.8 Å². The van der Waals surface area contributed by atoms with Gasteiger partial charge in [0.05, 0.1) is 11.6 Å². The molecule has 1 aromatic carbocycles. The molecule has 0 aliphatic rings. The first kappa shape index (κ1) is 18.7. The Labute approximate surface area is 172 Å². The molecule has 0 saturated heterocycles. The minimum absolute atomic E-state index is 0.180. The third-order valence-electron chi connectivity index (χ3n) is 4.50. The summed E-state index contributed by atoms with van der Waals surface area (Å²) in [6.45, 7) is 0.520. The van der Waals surface area contributed by atoms with Gasteiger partial charge in [-0.2, -0.15) is 5.26 Å². The van der Waals surface area contributed by atoms with Crippen LogP contribution in [-0.2, 0) is 13.0 Å². The fraction of sp³-hybridized carbons (Fsp3) is 0.0909. The average Bonchev–Trinajstić information content (AvgIpc) is 3.14. The van der Waals surface area contributed by atoms with Crippen LogP contribution < -0.4 is 5.56 Å². The van der Waals surface area contributed by atoms with Crippen LogP contribution >= 0.6 is 11.6 Å². The average molecular weight is 402 g/mol. The lowest BCUT2D eigenvalue weighted by Crippen LogP contribution is -2.19. The van der Waals surface area contributed by atoms with Crippen LogP contribution in [0.1, 0.15) is 22.5 Å². The van der Waals surface area contributed by atoms with Crippen molar-refractivity contribution in [3.05, 3.63) is 111 Å². The topological polar surface area (TPSA) is 76.5 Å². The summed E-state index contributed by atoms with van der Waals surface area (Å²) in [6, 6.07) is 18.2. The number of rotatable bonds is 5. The molecule has 4 rings (SSSR count). The van der Waals surface area contributed by atoms with Crippen molar-refractivity contribution in [1.82, 2.24) is 19.1 Å². The highest BCUT2D eigenvalue weighted by Crippen LogP contribution is 2.13. The van der Waals surface area contributed by atoms with E-state index in [0.29, 0.717) is 29.5 Å². The monoisotopic (exact) mass is 401 g/mol. The molecule has 0 saturated carbocycles. The molecule has 4 aromatic rings. The van der Waals surface area contributed by atoms with Gasteiger partial charge in [0.1, 0.15) is 16.8 Å². The summed E-state index contributed by atoms with van der Waals surface area (Å²) in [5.41, 5.74) is 2.32. The molecule has 142 valence electrons. The predicted octanol–water partition coefficient (Wildman–Crippen LogP) is 3.59. The maximum absolute atomic E-state index is 12.6. The molecular weight excluding hydrogens is 386 g/mol. The molecule has 0 unspecified atom stereocenters. The quantitative estimate of drug-likeness (QED) is 0.479. The number of aromatic nitrogens is 4. The van der Waals surface area contributed by atoms with Crippen molar-refractivity contribution < 1.29 is 0 Å². The molecule has 3 aromatic heterocycles. The van der Waals surface area contributed by atoms with Crippen molar-refractivity contribution in [2.45, 2.75) is 13.0 Å². The van der Waals surface area contributed by atoms with Crippen LogP contribution in [0.5, 0.6) is 0 Å². The minimum atomic E-state index is -0.180. The van der Waals surface area contributed by atoms with Crippen LogP contribution in [0.25, 0.3) is 5.82 Å². The normalized spacial score (nSPS) is 10.6. The number of nitrogens with zero attached hydrogens (tertiary/aromatic N) is 5. The molecule has 3 heterocycles. The van der Waals surface area contributed by atoms with Gasteiger partial charge in [-0.3, -0.25) is 9.36 Å². The van der Waals surface area contributed by atoms with Gasteiger partial charge in [0, 0.05) is 37.6 Å². The largest absolute Gasteiger partial charge is 0.330 e. The van der Waals surface area contributed by atoms with Gasteiger partial charge in [-0.25, -0.2) is 9.97 Å². The summed E-state index contributed by atoms with van der Waals surface area (Å²) >= 11 is 5.92. The summed E-state index contributed by atoms with van der Waals surface area (Å²) < 4.78 is 3.45. The fourth-order valence-electron chi connectivity index (χ4n) is 3.12. The van der Waals surface area contributed by atoms with Crippen LogP contribution in [0.4, 0.5) is 0 Å². The van der Waals surface area contributed by atoms with E-state index in [1.54, 1.807) is 42.7 Å². The zero-order valence-electron chi connectivity index (χ0n) is 15.4. The predicted molar refractivity (Wildman–Crippen MR) is 110 cm³/mol. The Morgan fingerprint density at radius 3 is 2.69 bits per heavy atom. The van der Waals surface area contributed by atoms with Gasteiger partial charge in [0.2, 0.25) is 0 Å². The van der Waals surface area contributed by atoms with Crippen LogP contribution in [0.3, 0.4) is 0 Å². The Hall–Kier alpha value is -3.69. The lowest BCUT2D eigenvalue weighted by Gasteiger charge is -2.10. The van der Waals surface area contributed by atoms with Gasteiger partial charge in [-0.05, 0) is 41.5 Å². The number of halogens is 1. The van der Waals surface area contributed by atoms with Crippen molar-refractivity contribution in [3.63, 3.8) is 0 Å². The highest BCUT2D eigenvalue weighted by Gasteiger charge is 2.08. The Balaban J connectivity index is 1.56. The molecule has 0 N–H and O–H groups in total. The van der Waals surface area contributed by atoms with Gasteiger partial charge < -0.3 is 4.57 Å². The lowest BCUT2D eigenvalue weighted by atomic mass is 10.1. The molecule has 0 spiro atoms. The second kappa shape index (κ2) is 8.13. The van der Waals surface area contributed by atoms with Gasteiger partial charge >= 0.3 is 0 Å². The maximum Gasteiger partial charge on any atom is 0.256 e. The molecule has 0 aliphatic carbocycles. The lowest BCUT2D eigenvalue weighted by molar-refractivity contribution is 0.736. The van der Waals surface area contributed by atoms with Gasteiger partial charge in [0.15, 0.2) is 0 Å². The summed E-state index contributed by atoms with van der Waals surface area (Å²) in [6.07, 6.45) is 5.92. The van der Waals surface area contributed by atoms with E-state index in [9.17, 15) is 4.79 Å². The number of benzene rings is 1. The minimum Gasteiger partial charge on any atom is -0.330 e. The van der Waals surface area contributed by atoms with Crippen molar-refractivity contribution in [2.24, 2.45) is 0 Å². The highest BCUT2D eigenvalue weighted by atomic mass is 35.5. The number of imidazole rings is 1. The number of hydrogen-bond donors (Lipinski definition) is 0. The SMILES string of the molecule is N#Cc1cccc(Cc2nccn2Cc2ccn(-c3cccc(Cl)n3)c(=O)c2)c1. The Bertz CT molecular complexity index is 1270. The van der Waals surface area contributed by atoms with Crippen molar-refractivity contribution >= 4 is 11.6 Å². The van der Waals surface area contributed by atoms with Crippen LogP contribution in [0, 0.1) is 11.3 Å². The van der Waals surface area contributed by atoms with E-state index >= 15 is 0 Å². The Morgan fingerprint density at radius 2 is 1.90 bits per heavy atom. The number of hydrogen-bond acceptors (Lipinski definition) is 4. The smallest absolute Gasteiger partial charge is 0.256 e. The van der Waals surface area contributed by atoms with Crippen molar-refractivity contribution in [3.8, 4) is 11.9 Å². The molecule has 0 radical (unpaired) electrons. The third-order valence-corrected chi connectivity index (χ3v) is 4.71. The van der Waals surface area contributed by atoms with E-state index in [-0.39, 0.29) is 5.56 Å².